The number of halogens is 2. The number of nitrogens with one attached hydrogen (secondary N) is 2. The number of hydrogen-bond acceptors (Lipinski definition) is 3. The number of carbonyl (C=O) groups is 1. The fourth-order valence-corrected chi connectivity index (χ4v) is 3.80. The van der Waals surface area contributed by atoms with Crippen LogP contribution in [0.2, 0.25) is 0 Å². The van der Waals surface area contributed by atoms with Gasteiger partial charge in [-0.1, -0.05) is 28.1 Å². The van der Waals surface area contributed by atoms with Crippen LogP contribution >= 0.6 is 15.9 Å². The van der Waals surface area contributed by atoms with E-state index in [9.17, 15) is 9.18 Å². The van der Waals surface area contributed by atoms with Crippen molar-refractivity contribution < 1.29 is 9.18 Å². The molecule has 140 valence electrons. The highest BCUT2D eigenvalue weighted by Crippen LogP contribution is 2.25. The SMILES string of the molecule is O=C(NCc1ccc(F)cc1)[C@H]1CCCN(c2nc3ccc(Br)cc3[nH]2)C1. The van der Waals surface area contributed by atoms with Crippen molar-refractivity contribution in [2.75, 3.05) is 18.0 Å². The lowest BCUT2D eigenvalue weighted by Gasteiger charge is -2.31. The van der Waals surface area contributed by atoms with Crippen molar-refractivity contribution in [3.05, 3.63) is 58.3 Å². The number of carbonyl (C=O) groups excluding carboxylic acids is 1. The second kappa shape index (κ2) is 7.68. The van der Waals surface area contributed by atoms with Crippen molar-refractivity contribution in [1.29, 1.82) is 0 Å². The van der Waals surface area contributed by atoms with Crippen LogP contribution in [0, 0.1) is 11.7 Å². The minimum Gasteiger partial charge on any atom is -0.352 e. The predicted octanol–water partition coefficient (Wildman–Crippen LogP) is 4.00. The largest absolute Gasteiger partial charge is 0.352 e. The maximum atomic E-state index is 13.0. The van der Waals surface area contributed by atoms with Gasteiger partial charge in [0.25, 0.3) is 0 Å². The number of anilines is 1. The Balaban J connectivity index is 1.40. The normalized spacial score (nSPS) is 17.3. The van der Waals surface area contributed by atoms with Crippen LogP contribution in [0.5, 0.6) is 0 Å². The molecule has 1 amide bonds. The smallest absolute Gasteiger partial charge is 0.225 e. The van der Waals surface area contributed by atoms with Crippen molar-refractivity contribution >= 4 is 38.8 Å². The maximum Gasteiger partial charge on any atom is 0.225 e. The number of hydrogen-bond donors (Lipinski definition) is 2. The second-order valence-corrected chi connectivity index (χ2v) is 7.77. The molecule has 1 aliphatic heterocycles. The Hall–Kier alpha value is -2.41. The van der Waals surface area contributed by atoms with E-state index in [1.165, 1.54) is 12.1 Å². The van der Waals surface area contributed by atoms with Crippen LogP contribution in [0.1, 0.15) is 18.4 Å². The molecule has 0 aliphatic carbocycles. The average molecular weight is 431 g/mol. The first-order valence-electron chi connectivity index (χ1n) is 9.01. The van der Waals surface area contributed by atoms with Crippen LogP contribution in [0.15, 0.2) is 46.9 Å². The Morgan fingerprint density at radius 1 is 1.30 bits per heavy atom. The lowest BCUT2D eigenvalue weighted by molar-refractivity contribution is -0.125. The van der Waals surface area contributed by atoms with E-state index in [0.717, 1.165) is 46.4 Å². The number of amides is 1. The zero-order valence-electron chi connectivity index (χ0n) is 14.7. The zero-order valence-corrected chi connectivity index (χ0v) is 16.3. The van der Waals surface area contributed by atoms with Crippen molar-refractivity contribution in [3.63, 3.8) is 0 Å². The molecule has 27 heavy (non-hydrogen) atoms. The molecule has 2 N–H and O–H groups in total. The van der Waals surface area contributed by atoms with E-state index in [1.807, 2.05) is 18.2 Å². The molecular weight excluding hydrogens is 411 g/mol. The Kier molecular flexibility index (Phi) is 5.11. The van der Waals surface area contributed by atoms with Crippen LogP contribution < -0.4 is 10.2 Å². The van der Waals surface area contributed by atoms with Gasteiger partial charge in [0.2, 0.25) is 11.9 Å². The summed E-state index contributed by atoms with van der Waals surface area (Å²) in [6, 6.07) is 12.1. The van der Waals surface area contributed by atoms with E-state index in [-0.39, 0.29) is 17.6 Å². The standard InChI is InChI=1S/C20H20BrFN4O/c21-15-5-8-17-18(10-15)25-20(24-17)26-9-1-2-14(12-26)19(27)23-11-13-3-6-16(22)7-4-13/h3-8,10,14H,1-2,9,11-12H2,(H,23,27)(H,24,25)/t14-/m0/s1. The van der Waals surface area contributed by atoms with Gasteiger partial charge in [0.15, 0.2) is 0 Å². The first kappa shape index (κ1) is 18.0. The van der Waals surface area contributed by atoms with E-state index >= 15 is 0 Å². The highest BCUT2D eigenvalue weighted by atomic mass is 79.9. The second-order valence-electron chi connectivity index (χ2n) is 6.85. The molecule has 1 aliphatic rings. The molecule has 0 bridgehead atoms. The summed E-state index contributed by atoms with van der Waals surface area (Å²) < 4.78 is 14.0. The molecule has 0 spiro atoms. The molecule has 1 saturated heterocycles. The molecule has 1 fully saturated rings. The van der Waals surface area contributed by atoms with Gasteiger partial charge in [0.1, 0.15) is 5.82 Å². The number of aromatic nitrogens is 2. The first-order valence-corrected chi connectivity index (χ1v) is 9.80. The van der Waals surface area contributed by atoms with Gasteiger partial charge in [0, 0.05) is 24.1 Å². The number of imidazole rings is 1. The number of H-pyrrole nitrogens is 1. The third-order valence-corrected chi connectivity index (χ3v) is 5.40. The number of rotatable bonds is 4. The van der Waals surface area contributed by atoms with Gasteiger partial charge in [-0.05, 0) is 48.7 Å². The molecule has 3 aromatic rings. The molecule has 1 atom stereocenters. The van der Waals surface area contributed by atoms with Gasteiger partial charge in [-0.25, -0.2) is 9.37 Å². The van der Waals surface area contributed by atoms with E-state index in [1.54, 1.807) is 12.1 Å². The zero-order chi connectivity index (χ0) is 18.8. The molecule has 5 nitrogen and oxygen atoms in total. The van der Waals surface area contributed by atoms with E-state index in [2.05, 4.69) is 36.1 Å². The third-order valence-electron chi connectivity index (χ3n) is 4.90. The Bertz CT molecular complexity index is 956. The molecule has 0 radical (unpaired) electrons. The van der Waals surface area contributed by atoms with Gasteiger partial charge < -0.3 is 15.2 Å². The monoisotopic (exact) mass is 430 g/mol. The van der Waals surface area contributed by atoms with Crippen molar-refractivity contribution in [1.82, 2.24) is 15.3 Å². The van der Waals surface area contributed by atoms with Crippen LogP contribution in [0.3, 0.4) is 0 Å². The highest BCUT2D eigenvalue weighted by molar-refractivity contribution is 9.10. The van der Waals surface area contributed by atoms with Crippen LogP contribution in [0.25, 0.3) is 11.0 Å². The van der Waals surface area contributed by atoms with Crippen molar-refractivity contribution in [3.8, 4) is 0 Å². The quantitative estimate of drug-likeness (QED) is 0.657. The molecule has 0 unspecified atom stereocenters. The predicted molar refractivity (Wildman–Crippen MR) is 107 cm³/mol. The lowest BCUT2D eigenvalue weighted by atomic mass is 9.97. The fraction of sp³-hybridized carbons (Fsp3) is 0.300. The molecule has 4 rings (SSSR count). The minimum atomic E-state index is -0.272. The summed E-state index contributed by atoms with van der Waals surface area (Å²) in [5, 5.41) is 2.97. The number of piperidine rings is 1. The number of nitrogens with zero attached hydrogens (tertiary/aromatic N) is 2. The molecule has 2 aromatic carbocycles. The van der Waals surface area contributed by atoms with Crippen LogP contribution in [0.4, 0.5) is 10.3 Å². The van der Waals surface area contributed by atoms with Gasteiger partial charge in [-0.2, -0.15) is 0 Å². The topological polar surface area (TPSA) is 61.0 Å². The molecular formula is C20H20BrFN4O. The van der Waals surface area contributed by atoms with Crippen LogP contribution in [-0.2, 0) is 11.3 Å². The van der Waals surface area contributed by atoms with Crippen molar-refractivity contribution in [2.24, 2.45) is 5.92 Å². The number of aromatic amines is 1. The maximum absolute atomic E-state index is 13.0. The van der Waals surface area contributed by atoms with Gasteiger partial charge in [-0.15, -0.1) is 0 Å². The molecule has 2 heterocycles. The first-order chi connectivity index (χ1) is 13.1. The molecule has 1 aromatic heterocycles. The summed E-state index contributed by atoms with van der Waals surface area (Å²) in [5.74, 6) is 0.479. The Labute approximate surface area is 165 Å². The van der Waals surface area contributed by atoms with E-state index in [0.29, 0.717) is 13.1 Å². The summed E-state index contributed by atoms with van der Waals surface area (Å²) in [6.07, 6.45) is 1.80. The summed E-state index contributed by atoms with van der Waals surface area (Å²) >= 11 is 3.47. The van der Waals surface area contributed by atoms with E-state index < -0.39 is 0 Å². The van der Waals surface area contributed by atoms with E-state index in [4.69, 9.17) is 0 Å². The fourth-order valence-electron chi connectivity index (χ4n) is 3.44. The average Bonchev–Trinajstić information content (AvgIpc) is 3.10. The Morgan fingerprint density at radius 2 is 2.11 bits per heavy atom. The number of fused-ring (bicyclic) bond motifs is 1. The summed E-state index contributed by atoms with van der Waals surface area (Å²) in [7, 11) is 0. The molecule has 0 saturated carbocycles. The van der Waals surface area contributed by atoms with Gasteiger partial charge in [0.05, 0.1) is 17.0 Å². The Morgan fingerprint density at radius 3 is 2.93 bits per heavy atom. The third kappa shape index (κ3) is 4.13. The number of benzene rings is 2. The molecule has 7 heteroatoms. The highest BCUT2D eigenvalue weighted by Gasteiger charge is 2.27. The summed E-state index contributed by atoms with van der Waals surface area (Å²) in [5.41, 5.74) is 2.78. The summed E-state index contributed by atoms with van der Waals surface area (Å²) in [4.78, 5) is 22.7. The van der Waals surface area contributed by atoms with Gasteiger partial charge >= 0.3 is 0 Å². The van der Waals surface area contributed by atoms with Crippen LogP contribution in [-0.4, -0.2) is 29.0 Å². The lowest BCUT2D eigenvalue weighted by Crippen LogP contribution is -2.43. The minimum absolute atomic E-state index is 0.0304. The van der Waals surface area contributed by atoms with Crippen molar-refractivity contribution in [2.45, 2.75) is 19.4 Å². The van der Waals surface area contributed by atoms with Gasteiger partial charge in [-0.3, -0.25) is 4.79 Å². The summed E-state index contributed by atoms with van der Waals surface area (Å²) in [6.45, 7) is 1.92.